The molecule has 0 N–H and O–H groups in total. The second kappa shape index (κ2) is 4.26. The summed E-state index contributed by atoms with van der Waals surface area (Å²) in [5.74, 6) is -0.469. The predicted molar refractivity (Wildman–Crippen MR) is 51.3 cm³/mol. The molecule has 0 unspecified atom stereocenters. The van der Waals surface area contributed by atoms with Crippen LogP contribution >= 0.6 is 0 Å². The zero-order chi connectivity index (χ0) is 10.7. The molecular formula is C10H15NO3. The molecule has 1 amide bonds. The lowest BCUT2D eigenvalue weighted by atomic mass is 10.1. The summed E-state index contributed by atoms with van der Waals surface area (Å²) in [5, 5.41) is 0. The van der Waals surface area contributed by atoms with Crippen molar-refractivity contribution in [2.24, 2.45) is 0 Å². The summed E-state index contributed by atoms with van der Waals surface area (Å²) in [7, 11) is 1.34. The van der Waals surface area contributed by atoms with Crippen LogP contribution in [0.4, 0.5) is 0 Å². The van der Waals surface area contributed by atoms with Gasteiger partial charge >= 0.3 is 5.97 Å². The van der Waals surface area contributed by atoms with Gasteiger partial charge in [-0.15, -0.1) is 0 Å². The van der Waals surface area contributed by atoms with E-state index in [9.17, 15) is 9.59 Å². The highest BCUT2D eigenvalue weighted by Crippen LogP contribution is 2.24. The Labute approximate surface area is 83.5 Å². The van der Waals surface area contributed by atoms with Gasteiger partial charge in [-0.1, -0.05) is 12.5 Å². The molecule has 0 spiro atoms. The van der Waals surface area contributed by atoms with Crippen LogP contribution in [0.2, 0.25) is 0 Å². The van der Waals surface area contributed by atoms with E-state index in [1.807, 2.05) is 6.92 Å². The molecule has 1 rings (SSSR count). The Hall–Kier alpha value is -1.32. The van der Waals surface area contributed by atoms with Crippen LogP contribution in [0.25, 0.3) is 0 Å². The van der Waals surface area contributed by atoms with E-state index >= 15 is 0 Å². The molecule has 1 heterocycles. The number of carbonyl (C=O) groups is 2. The van der Waals surface area contributed by atoms with E-state index in [-0.39, 0.29) is 11.9 Å². The van der Waals surface area contributed by atoms with E-state index in [0.29, 0.717) is 6.42 Å². The maximum Gasteiger partial charge on any atom is 0.329 e. The zero-order valence-corrected chi connectivity index (χ0v) is 8.74. The largest absolute Gasteiger partial charge is 0.467 e. The minimum Gasteiger partial charge on any atom is -0.467 e. The Bertz CT molecular complexity index is 283. The van der Waals surface area contributed by atoms with E-state index in [1.165, 1.54) is 18.9 Å². The average Bonchev–Trinajstić information content (AvgIpc) is 2.60. The molecule has 0 aromatic carbocycles. The van der Waals surface area contributed by atoms with Gasteiger partial charge in [-0.3, -0.25) is 4.79 Å². The number of amides is 1. The van der Waals surface area contributed by atoms with Crippen molar-refractivity contribution in [3.63, 3.8) is 0 Å². The molecule has 0 aromatic heterocycles. The van der Waals surface area contributed by atoms with Gasteiger partial charge in [0.05, 0.1) is 7.11 Å². The third kappa shape index (κ3) is 1.95. The van der Waals surface area contributed by atoms with Crippen LogP contribution in [-0.4, -0.2) is 29.9 Å². The van der Waals surface area contributed by atoms with Crippen LogP contribution in [0.1, 0.15) is 26.7 Å². The van der Waals surface area contributed by atoms with Crippen molar-refractivity contribution >= 4 is 11.9 Å². The molecular weight excluding hydrogens is 182 g/mol. The number of esters is 1. The number of carbonyl (C=O) groups excluding carboxylic acids is 2. The van der Waals surface area contributed by atoms with Gasteiger partial charge in [0, 0.05) is 19.5 Å². The van der Waals surface area contributed by atoms with Crippen LogP contribution in [0, 0.1) is 0 Å². The molecule has 0 bridgehead atoms. The fourth-order valence-corrected chi connectivity index (χ4v) is 1.56. The summed E-state index contributed by atoms with van der Waals surface area (Å²) < 4.78 is 4.64. The number of methoxy groups -OCH3 is 1. The van der Waals surface area contributed by atoms with Gasteiger partial charge in [0.1, 0.15) is 6.04 Å². The molecule has 14 heavy (non-hydrogen) atoms. The van der Waals surface area contributed by atoms with Gasteiger partial charge in [0.15, 0.2) is 0 Å². The summed E-state index contributed by atoms with van der Waals surface area (Å²) in [6, 6.07) is -0.451. The molecule has 0 saturated heterocycles. The van der Waals surface area contributed by atoms with Crippen LogP contribution in [0.5, 0.6) is 0 Å². The van der Waals surface area contributed by atoms with Crippen molar-refractivity contribution < 1.29 is 14.3 Å². The van der Waals surface area contributed by atoms with E-state index in [2.05, 4.69) is 4.74 Å². The second-order valence-corrected chi connectivity index (χ2v) is 3.31. The molecule has 1 aliphatic rings. The maximum absolute atomic E-state index is 11.3. The van der Waals surface area contributed by atoms with Crippen molar-refractivity contribution in [1.29, 1.82) is 0 Å². The molecule has 4 heteroatoms. The van der Waals surface area contributed by atoms with Gasteiger partial charge < -0.3 is 9.64 Å². The molecule has 1 aliphatic heterocycles. The van der Waals surface area contributed by atoms with E-state index in [1.54, 1.807) is 6.20 Å². The first-order chi connectivity index (χ1) is 6.60. The van der Waals surface area contributed by atoms with Gasteiger partial charge in [0.2, 0.25) is 5.91 Å². The van der Waals surface area contributed by atoms with Crippen molar-refractivity contribution in [2.45, 2.75) is 32.7 Å². The number of rotatable bonds is 2. The Kier molecular flexibility index (Phi) is 3.28. The van der Waals surface area contributed by atoms with Crippen molar-refractivity contribution in [2.75, 3.05) is 7.11 Å². The topological polar surface area (TPSA) is 46.6 Å². The van der Waals surface area contributed by atoms with Crippen LogP contribution < -0.4 is 0 Å². The lowest BCUT2D eigenvalue weighted by Crippen LogP contribution is -2.38. The fraction of sp³-hybridized carbons (Fsp3) is 0.600. The highest BCUT2D eigenvalue weighted by Gasteiger charge is 2.32. The van der Waals surface area contributed by atoms with Crippen molar-refractivity contribution in [3.8, 4) is 0 Å². The monoisotopic (exact) mass is 197 g/mol. The summed E-state index contributed by atoms with van der Waals surface area (Å²) in [5.41, 5.74) is 1.11. The minimum absolute atomic E-state index is 0.121. The van der Waals surface area contributed by atoms with Crippen LogP contribution in [-0.2, 0) is 14.3 Å². The number of hydrogen-bond donors (Lipinski definition) is 0. The molecule has 0 fully saturated rings. The van der Waals surface area contributed by atoms with Crippen LogP contribution in [0.15, 0.2) is 11.8 Å². The lowest BCUT2D eigenvalue weighted by Gasteiger charge is -2.19. The third-order valence-electron chi connectivity index (χ3n) is 2.40. The third-order valence-corrected chi connectivity index (χ3v) is 2.40. The highest BCUT2D eigenvalue weighted by atomic mass is 16.5. The highest BCUT2D eigenvalue weighted by molar-refractivity contribution is 5.85. The predicted octanol–water partition coefficient (Wildman–Crippen LogP) is 1.07. The first kappa shape index (κ1) is 10.8. The summed E-state index contributed by atoms with van der Waals surface area (Å²) in [4.78, 5) is 24.0. The Morgan fingerprint density at radius 2 is 2.29 bits per heavy atom. The molecule has 78 valence electrons. The summed E-state index contributed by atoms with van der Waals surface area (Å²) >= 11 is 0. The molecule has 0 radical (unpaired) electrons. The summed E-state index contributed by atoms with van der Waals surface area (Å²) in [6.45, 7) is 3.45. The number of hydrogen-bond acceptors (Lipinski definition) is 3. The molecule has 1 atom stereocenters. The van der Waals surface area contributed by atoms with Crippen LogP contribution in [0.3, 0.4) is 0 Å². The number of nitrogens with zero attached hydrogens (tertiary/aromatic N) is 1. The van der Waals surface area contributed by atoms with E-state index in [0.717, 1.165) is 12.0 Å². The Balaban J connectivity index is 2.80. The number of ether oxygens (including phenoxy) is 1. The van der Waals surface area contributed by atoms with Crippen molar-refractivity contribution in [1.82, 2.24) is 4.90 Å². The fourth-order valence-electron chi connectivity index (χ4n) is 1.56. The zero-order valence-electron chi connectivity index (χ0n) is 8.74. The normalized spacial score (nSPS) is 20.6. The standard InChI is InChI=1S/C10H15NO3/c1-4-8-5-9(10(13)14-3)11(6-8)7(2)12/h6,9H,4-5H2,1-3H3/t9-/m0/s1. The Morgan fingerprint density at radius 3 is 2.71 bits per heavy atom. The molecule has 0 aromatic rings. The summed E-state index contributed by atoms with van der Waals surface area (Å²) in [6.07, 6.45) is 3.21. The molecule has 0 saturated carbocycles. The van der Waals surface area contributed by atoms with Gasteiger partial charge in [0.25, 0.3) is 0 Å². The minimum atomic E-state index is -0.451. The smallest absolute Gasteiger partial charge is 0.329 e. The second-order valence-electron chi connectivity index (χ2n) is 3.31. The molecule has 0 aliphatic carbocycles. The SMILES string of the molecule is CCC1=CN(C(C)=O)[C@H](C(=O)OC)C1. The average molecular weight is 197 g/mol. The van der Waals surface area contributed by atoms with Gasteiger partial charge in [-0.05, 0) is 6.42 Å². The first-order valence-electron chi connectivity index (χ1n) is 4.66. The van der Waals surface area contributed by atoms with E-state index in [4.69, 9.17) is 0 Å². The first-order valence-corrected chi connectivity index (χ1v) is 4.66. The van der Waals surface area contributed by atoms with E-state index < -0.39 is 6.04 Å². The molecule has 4 nitrogen and oxygen atoms in total. The quantitative estimate of drug-likeness (QED) is 0.622. The van der Waals surface area contributed by atoms with Gasteiger partial charge in [-0.2, -0.15) is 0 Å². The Morgan fingerprint density at radius 1 is 1.64 bits per heavy atom. The lowest BCUT2D eigenvalue weighted by molar-refractivity contribution is -0.149. The van der Waals surface area contributed by atoms with Gasteiger partial charge in [-0.25, -0.2) is 4.79 Å². The maximum atomic E-state index is 11.3. The van der Waals surface area contributed by atoms with Crippen molar-refractivity contribution in [3.05, 3.63) is 11.8 Å².